The molecule has 1 heterocycles. The quantitative estimate of drug-likeness (QED) is 0.250. The van der Waals surface area contributed by atoms with Gasteiger partial charge in [-0.05, 0) is 68.0 Å². The summed E-state index contributed by atoms with van der Waals surface area (Å²) in [4.78, 5) is 33.8. The minimum atomic E-state index is -0.392. The molecule has 0 bridgehead atoms. The van der Waals surface area contributed by atoms with Crippen LogP contribution in [0, 0.1) is 0 Å². The SMILES string of the molecule is CC(C)Oc1ccc(/C=C(\NC(=O)c2cccc(Br)c2)C(=O)NCCc2nc3ccccc3[nH]2)cc1. The second kappa shape index (κ2) is 11.7. The first-order chi connectivity index (χ1) is 17.4. The number of carbonyl (C=O) groups is 2. The maximum atomic E-state index is 13.1. The Morgan fingerprint density at radius 2 is 1.83 bits per heavy atom. The van der Waals surface area contributed by atoms with Gasteiger partial charge in [0.05, 0.1) is 17.1 Å². The number of amides is 2. The van der Waals surface area contributed by atoms with Crippen LogP contribution in [0.3, 0.4) is 0 Å². The van der Waals surface area contributed by atoms with E-state index in [-0.39, 0.29) is 17.7 Å². The predicted molar refractivity (Wildman–Crippen MR) is 145 cm³/mol. The molecule has 7 nitrogen and oxygen atoms in total. The number of H-pyrrole nitrogens is 1. The smallest absolute Gasteiger partial charge is 0.267 e. The predicted octanol–water partition coefficient (Wildman–Crippen LogP) is 5.24. The number of ether oxygens (including phenoxy) is 1. The molecule has 4 aromatic rings. The van der Waals surface area contributed by atoms with Gasteiger partial charge in [-0.25, -0.2) is 4.98 Å². The number of imidazole rings is 1. The fraction of sp³-hybridized carbons (Fsp3) is 0.179. The van der Waals surface area contributed by atoms with Gasteiger partial charge in [0.1, 0.15) is 17.3 Å². The van der Waals surface area contributed by atoms with Crippen molar-refractivity contribution in [2.75, 3.05) is 6.54 Å². The summed E-state index contributed by atoms with van der Waals surface area (Å²) >= 11 is 3.38. The second-order valence-corrected chi connectivity index (χ2v) is 9.38. The van der Waals surface area contributed by atoms with E-state index < -0.39 is 5.91 Å². The Bertz CT molecular complexity index is 1360. The molecule has 36 heavy (non-hydrogen) atoms. The zero-order chi connectivity index (χ0) is 25.5. The first-order valence-corrected chi connectivity index (χ1v) is 12.4. The van der Waals surface area contributed by atoms with Crippen molar-refractivity contribution in [3.05, 3.63) is 99.9 Å². The zero-order valence-corrected chi connectivity index (χ0v) is 21.6. The molecule has 0 radical (unpaired) electrons. The van der Waals surface area contributed by atoms with E-state index in [1.165, 1.54) is 0 Å². The van der Waals surface area contributed by atoms with E-state index in [0.29, 0.717) is 18.5 Å². The van der Waals surface area contributed by atoms with E-state index in [2.05, 4.69) is 36.5 Å². The molecule has 3 N–H and O–H groups in total. The largest absolute Gasteiger partial charge is 0.491 e. The van der Waals surface area contributed by atoms with Gasteiger partial charge in [0.15, 0.2) is 0 Å². The third kappa shape index (κ3) is 6.82. The Labute approximate surface area is 218 Å². The third-order valence-corrected chi connectivity index (χ3v) is 5.72. The van der Waals surface area contributed by atoms with Crippen LogP contribution in [0.25, 0.3) is 17.1 Å². The van der Waals surface area contributed by atoms with Crippen molar-refractivity contribution >= 4 is 44.9 Å². The lowest BCUT2D eigenvalue weighted by Crippen LogP contribution is -2.35. The number of nitrogens with one attached hydrogen (secondary N) is 3. The van der Waals surface area contributed by atoms with E-state index in [0.717, 1.165) is 32.6 Å². The van der Waals surface area contributed by atoms with Crippen LogP contribution in [-0.4, -0.2) is 34.4 Å². The Morgan fingerprint density at radius 3 is 2.56 bits per heavy atom. The highest BCUT2D eigenvalue weighted by molar-refractivity contribution is 9.10. The molecular weight excluding hydrogens is 520 g/mol. The number of hydrogen-bond acceptors (Lipinski definition) is 4. The molecule has 0 atom stereocenters. The lowest BCUT2D eigenvalue weighted by atomic mass is 10.1. The van der Waals surface area contributed by atoms with Crippen molar-refractivity contribution in [1.82, 2.24) is 20.6 Å². The number of aromatic nitrogens is 2. The first kappa shape index (κ1) is 25.2. The fourth-order valence-corrected chi connectivity index (χ4v) is 3.98. The Kier molecular flexibility index (Phi) is 8.17. The maximum Gasteiger partial charge on any atom is 0.267 e. The van der Waals surface area contributed by atoms with E-state index in [4.69, 9.17) is 4.74 Å². The number of rotatable bonds is 9. The molecule has 0 unspecified atom stereocenters. The Balaban J connectivity index is 1.49. The van der Waals surface area contributed by atoms with E-state index in [9.17, 15) is 9.59 Å². The van der Waals surface area contributed by atoms with Crippen molar-refractivity contribution in [2.24, 2.45) is 0 Å². The van der Waals surface area contributed by atoms with Crippen LogP contribution in [-0.2, 0) is 11.2 Å². The molecule has 1 aromatic heterocycles. The van der Waals surface area contributed by atoms with Crippen molar-refractivity contribution < 1.29 is 14.3 Å². The number of benzene rings is 3. The molecule has 0 aliphatic heterocycles. The summed E-state index contributed by atoms with van der Waals surface area (Å²) < 4.78 is 6.46. The van der Waals surface area contributed by atoms with Crippen LogP contribution in [0.4, 0.5) is 0 Å². The van der Waals surface area contributed by atoms with Crippen LogP contribution >= 0.6 is 15.9 Å². The molecule has 2 amide bonds. The van der Waals surface area contributed by atoms with Crippen LogP contribution in [0.15, 0.2) is 83.0 Å². The van der Waals surface area contributed by atoms with Gasteiger partial charge in [0, 0.05) is 23.0 Å². The van der Waals surface area contributed by atoms with Gasteiger partial charge in [-0.2, -0.15) is 0 Å². The molecule has 0 aliphatic rings. The summed E-state index contributed by atoms with van der Waals surface area (Å²) in [6.45, 7) is 4.27. The van der Waals surface area contributed by atoms with Crippen LogP contribution in [0.2, 0.25) is 0 Å². The molecule has 4 rings (SSSR count). The van der Waals surface area contributed by atoms with Crippen molar-refractivity contribution in [3.63, 3.8) is 0 Å². The molecule has 0 saturated carbocycles. The molecule has 8 heteroatoms. The van der Waals surface area contributed by atoms with Crippen LogP contribution in [0.1, 0.15) is 35.6 Å². The number of fused-ring (bicyclic) bond motifs is 1. The van der Waals surface area contributed by atoms with Crippen LogP contribution in [0.5, 0.6) is 5.75 Å². The summed E-state index contributed by atoms with van der Waals surface area (Å²) in [7, 11) is 0. The molecular formula is C28H27BrN4O3. The number of aromatic amines is 1. The van der Waals surface area contributed by atoms with Gasteiger partial charge in [0.25, 0.3) is 11.8 Å². The highest BCUT2D eigenvalue weighted by Gasteiger charge is 2.15. The van der Waals surface area contributed by atoms with Gasteiger partial charge in [-0.15, -0.1) is 0 Å². The molecule has 184 valence electrons. The van der Waals surface area contributed by atoms with E-state index in [1.54, 1.807) is 24.3 Å². The van der Waals surface area contributed by atoms with Gasteiger partial charge >= 0.3 is 0 Å². The highest BCUT2D eigenvalue weighted by atomic mass is 79.9. The molecule has 0 aliphatic carbocycles. The Morgan fingerprint density at radius 1 is 1.06 bits per heavy atom. The van der Waals surface area contributed by atoms with Gasteiger partial charge in [-0.1, -0.05) is 46.3 Å². The second-order valence-electron chi connectivity index (χ2n) is 8.46. The van der Waals surface area contributed by atoms with Gasteiger partial charge < -0.3 is 20.4 Å². The third-order valence-electron chi connectivity index (χ3n) is 5.23. The number of halogens is 1. The topological polar surface area (TPSA) is 96.1 Å². The number of carbonyl (C=O) groups excluding carboxylic acids is 2. The van der Waals surface area contributed by atoms with E-state index in [1.807, 2.05) is 68.4 Å². The summed E-state index contributed by atoms with van der Waals surface area (Å²) in [6.07, 6.45) is 2.23. The first-order valence-electron chi connectivity index (χ1n) is 11.6. The molecule has 3 aromatic carbocycles. The average Bonchev–Trinajstić information content (AvgIpc) is 3.27. The van der Waals surface area contributed by atoms with Crippen molar-refractivity contribution in [1.29, 1.82) is 0 Å². The number of para-hydroxylation sites is 2. The monoisotopic (exact) mass is 546 g/mol. The summed E-state index contributed by atoms with van der Waals surface area (Å²) in [5.41, 5.74) is 3.16. The van der Waals surface area contributed by atoms with Crippen LogP contribution < -0.4 is 15.4 Å². The van der Waals surface area contributed by atoms with Gasteiger partial charge in [0.2, 0.25) is 0 Å². The minimum Gasteiger partial charge on any atom is -0.491 e. The summed E-state index contributed by atoms with van der Waals surface area (Å²) in [6, 6.07) is 22.1. The zero-order valence-electron chi connectivity index (χ0n) is 20.0. The lowest BCUT2D eigenvalue weighted by Gasteiger charge is -2.12. The van der Waals surface area contributed by atoms with Crippen molar-refractivity contribution in [2.45, 2.75) is 26.4 Å². The lowest BCUT2D eigenvalue weighted by molar-refractivity contribution is -0.117. The average molecular weight is 547 g/mol. The normalized spacial score (nSPS) is 11.5. The molecule has 0 fully saturated rings. The Hall–Kier alpha value is -3.91. The van der Waals surface area contributed by atoms with Crippen molar-refractivity contribution in [3.8, 4) is 5.75 Å². The molecule has 0 spiro atoms. The highest BCUT2D eigenvalue weighted by Crippen LogP contribution is 2.17. The summed E-state index contributed by atoms with van der Waals surface area (Å²) in [5, 5.41) is 5.65. The standard InChI is InChI=1S/C28H27BrN4O3/c1-18(2)36-22-12-10-19(11-13-22)16-25(33-27(34)20-6-5-7-21(29)17-20)28(35)30-15-14-26-31-23-8-3-4-9-24(23)32-26/h3-13,16-18H,14-15H2,1-2H3,(H,30,35)(H,31,32)(H,33,34)/b25-16-. The minimum absolute atomic E-state index is 0.0592. The fourth-order valence-electron chi connectivity index (χ4n) is 3.58. The maximum absolute atomic E-state index is 13.1. The molecule has 0 saturated heterocycles. The summed E-state index contributed by atoms with van der Waals surface area (Å²) in [5.74, 6) is 0.741. The number of nitrogens with zero attached hydrogens (tertiary/aromatic N) is 1. The van der Waals surface area contributed by atoms with E-state index >= 15 is 0 Å². The van der Waals surface area contributed by atoms with Gasteiger partial charge in [-0.3, -0.25) is 9.59 Å². The number of hydrogen-bond donors (Lipinski definition) is 3.